The molecule has 1 saturated carbocycles. The summed E-state index contributed by atoms with van der Waals surface area (Å²) in [4.78, 5) is 12.9. The Morgan fingerprint density at radius 1 is 1.32 bits per heavy atom. The van der Waals surface area contributed by atoms with Crippen molar-refractivity contribution in [1.29, 1.82) is 0 Å². The lowest BCUT2D eigenvalue weighted by molar-refractivity contribution is 0.266. The van der Waals surface area contributed by atoms with Gasteiger partial charge in [0, 0.05) is 24.4 Å². The van der Waals surface area contributed by atoms with E-state index in [0.717, 1.165) is 61.3 Å². The molecular formula is C18H24N6S. The van der Waals surface area contributed by atoms with Crippen LogP contribution in [0.4, 0.5) is 5.82 Å². The van der Waals surface area contributed by atoms with Crippen molar-refractivity contribution in [2.45, 2.75) is 45.1 Å². The Morgan fingerprint density at radius 3 is 2.80 bits per heavy atom. The third-order valence-corrected chi connectivity index (χ3v) is 5.14. The first-order valence-corrected chi connectivity index (χ1v) is 9.27. The van der Waals surface area contributed by atoms with Crippen molar-refractivity contribution < 1.29 is 0 Å². The molecule has 1 fully saturated rings. The number of hydrogen-bond acceptors (Lipinski definition) is 6. The van der Waals surface area contributed by atoms with E-state index in [1.165, 1.54) is 0 Å². The van der Waals surface area contributed by atoms with Gasteiger partial charge in [-0.3, -0.25) is 4.68 Å². The van der Waals surface area contributed by atoms with Crippen LogP contribution in [0.1, 0.15) is 44.2 Å². The van der Waals surface area contributed by atoms with E-state index in [4.69, 9.17) is 0 Å². The van der Waals surface area contributed by atoms with Crippen LogP contribution in [0.5, 0.6) is 0 Å². The number of thiocarbonyl (C=S) groups is 1. The van der Waals surface area contributed by atoms with Crippen LogP contribution in [-0.2, 0) is 6.42 Å². The Labute approximate surface area is 153 Å². The SMILES string of the molecule is CCc1c(NC)ncnc1-c1cnn(C2CCC(CN=C=S)CC2)c1. The van der Waals surface area contributed by atoms with Crippen LogP contribution < -0.4 is 5.32 Å². The number of aromatic nitrogens is 4. The van der Waals surface area contributed by atoms with Gasteiger partial charge in [0.2, 0.25) is 0 Å². The van der Waals surface area contributed by atoms with Crippen molar-refractivity contribution >= 4 is 23.2 Å². The molecule has 25 heavy (non-hydrogen) atoms. The average molecular weight is 356 g/mol. The second-order valence-corrected chi connectivity index (χ2v) is 6.65. The molecule has 0 saturated heterocycles. The van der Waals surface area contributed by atoms with Crippen LogP contribution >= 0.6 is 12.2 Å². The zero-order chi connectivity index (χ0) is 17.6. The molecule has 0 spiro atoms. The predicted molar refractivity (Wildman–Crippen MR) is 103 cm³/mol. The minimum Gasteiger partial charge on any atom is -0.373 e. The predicted octanol–water partition coefficient (Wildman–Crippen LogP) is 3.78. The van der Waals surface area contributed by atoms with E-state index < -0.39 is 0 Å². The Morgan fingerprint density at radius 2 is 2.12 bits per heavy atom. The Kier molecular flexibility index (Phi) is 5.89. The molecule has 0 amide bonds. The lowest BCUT2D eigenvalue weighted by atomic mass is 9.86. The maximum absolute atomic E-state index is 4.66. The van der Waals surface area contributed by atoms with E-state index in [1.54, 1.807) is 6.33 Å². The number of nitrogens with zero attached hydrogens (tertiary/aromatic N) is 5. The number of nitrogens with one attached hydrogen (secondary N) is 1. The van der Waals surface area contributed by atoms with Crippen LogP contribution in [0, 0.1) is 5.92 Å². The van der Waals surface area contributed by atoms with Crippen LogP contribution in [-0.4, -0.2) is 38.5 Å². The van der Waals surface area contributed by atoms with E-state index in [-0.39, 0.29) is 0 Å². The minimum absolute atomic E-state index is 0.456. The minimum atomic E-state index is 0.456. The molecule has 1 N–H and O–H groups in total. The third-order valence-electron chi connectivity index (χ3n) is 5.02. The second-order valence-electron chi connectivity index (χ2n) is 6.47. The highest BCUT2D eigenvalue weighted by molar-refractivity contribution is 7.78. The van der Waals surface area contributed by atoms with E-state index in [2.05, 4.69) is 60.6 Å². The van der Waals surface area contributed by atoms with Gasteiger partial charge in [-0.25, -0.2) is 15.0 Å². The molecule has 0 bridgehead atoms. The van der Waals surface area contributed by atoms with E-state index >= 15 is 0 Å². The first kappa shape index (κ1) is 17.7. The fourth-order valence-electron chi connectivity index (χ4n) is 3.63. The molecule has 1 aliphatic rings. The normalized spacial score (nSPS) is 20.1. The zero-order valence-electron chi connectivity index (χ0n) is 14.8. The first-order chi connectivity index (χ1) is 12.3. The summed E-state index contributed by atoms with van der Waals surface area (Å²) < 4.78 is 2.11. The summed E-state index contributed by atoms with van der Waals surface area (Å²) >= 11 is 4.66. The maximum Gasteiger partial charge on any atom is 0.132 e. The Bertz CT molecular complexity index is 757. The molecule has 2 heterocycles. The molecule has 3 rings (SSSR count). The highest BCUT2D eigenvalue weighted by Gasteiger charge is 2.23. The Hall–Kier alpha value is -2.11. The maximum atomic E-state index is 4.66. The van der Waals surface area contributed by atoms with E-state index in [1.807, 2.05) is 13.2 Å². The van der Waals surface area contributed by atoms with Gasteiger partial charge in [0.05, 0.1) is 29.6 Å². The highest BCUT2D eigenvalue weighted by Crippen LogP contribution is 2.33. The fourth-order valence-corrected chi connectivity index (χ4v) is 3.70. The first-order valence-electron chi connectivity index (χ1n) is 8.86. The molecule has 2 aromatic rings. The van der Waals surface area contributed by atoms with Crippen LogP contribution in [0.15, 0.2) is 23.7 Å². The standard InChI is InChI=1S/C18H24N6S/c1-3-16-17(21-11-22-18(16)19-2)14-9-23-24(10-14)15-6-4-13(5-7-15)8-20-12-25/h9-11,13,15H,3-8H2,1-2H3,(H,19,21,22). The molecule has 0 unspecified atom stereocenters. The smallest absolute Gasteiger partial charge is 0.132 e. The van der Waals surface area contributed by atoms with Gasteiger partial charge in [0.1, 0.15) is 12.1 Å². The van der Waals surface area contributed by atoms with Gasteiger partial charge in [0.15, 0.2) is 0 Å². The second kappa shape index (κ2) is 8.32. The summed E-state index contributed by atoms with van der Waals surface area (Å²) in [5.74, 6) is 1.52. The molecule has 0 aromatic carbocycles. The van der Waals surface area contributed by atoms with Crippen molar-refractivity contribution in [3.05, 3.63) is 24.3 Å². The zero-order valence-corrected chi connectivity index (χ0v) is 15.6. The van der Waals surface area contributed by atoms with Gasteiger partial charge in [-0.1, -0.05) is 6.92 Å². The summed E-state index contributed by atoms with van der Waals surface area (Å²) in [6.07, 6.45) is 11.1. The van der Waals surface area contributed by atoms with E-state index in [9.17, 15) is 0 Å². The van der Waals surface area contributed by atoms with Gasteiger partial charge in [-0.05, 0) is 50.2 Å². The number of isothiocyanates is 1. The summed E-state index contributed by atoms with van der Waals surface area (Å²) in [7, 11) is 1.89. The highest BCUT2D eigenvalue weighted by atomic mass is 32.1. The van der Waals surface area contributed by atoms with Crippen LogP contribution in [0.2, 0.25) is 0 Å². The average Bonchev–Trinajstić information content (AvgIpc) is 3.16. The molecular weight excluding hydrogens is 332 g/mol. The van der Waals surface area contributed by atoms with Crippen molar-refractivity contribution in [3.63, 3.8) is 0 Å². The van der Waals surface area contributed by atoms with Crippen molar-refractivity contribution in [2.24, 2.45) is 10.9 Å². The number of anilines is 1. The van der Waals surface area contributed by atoms with Gasteiger partial charge >= 0.3 is 0 Å². The van der Waals surface area contributed by atoms with Crippen molar-refractivity contribution in [1.82, 2.24) is 19.7 Å². The van der Waals surface area contributed by atoms with Crippen LogP contribution in [0.25, 0.3) is 11.3 Å². The lowest BCUT2D eigenvalue weighted by Crippen LogP contribution is -2.20. The Balaban J connectivity index is 1.75. The van der Waals surface area contributed by atoms with Gasteiger partial charge in [-0.2, -0.15) is 5.10 Å². The van der Waals surface area contributed by atoms with Crippen LogP contribution in [0.3, 0.4) is 0 Å². The van der Waals surface area contributed by atoms with Gasteiger partial charge < -0.3 is 5.32 Å². The summed E-state index contributed by atoms with van der Waals surface area (Å²) in [5, 5.41) is 10.2. The van der Waals surface area contributed by atoms with Gasteiger partial charge in [0.25, 0.3) is 0 Å². The van der Waals surface area contributed by atoms with Crippen molar-refractivity contribution in [3.8, 4) is 11.3 Å². The quantitative estimate of drug-likeness (QED) is 0.630. The third kappa shape index (κ3) is 3.94. The number of aliphatic imine (C=N–C) groups is 1. The largest absolute Gasteiger partial charge is 0.373 e. The summed E-state index contributed by atoms with van der Waals surface area (Å²) in [6.45, 7) is 2.94. The molecule has 0 aliphatic heterocycles. The summed E-state index contributed by atoms with van der Waals surface area (Å²) in [6, 6.07) is 0.456. The topological polar surface area (TPSA) is 68.0 Å². The fraction of sp³-hybridized carbons (Fsp3) is 0.556. The monoisotopic (exact) mass is 356 g/mol. The molecule has 1 aliphatic carbocycles. The molecule has 6 nitrogen and oxygen atoms in total. The number of rotatable bonds is 6. The molecule has 132 valence electrons. The number of hydrogen-bond donors (Lipinski definition) is 1. The molecule has 0 radical (unpaired) electrons. The van der Waals surface area contributed by atoms with E-state index in [0.29, 0.717) is 12.0 Å². The van der Waals surface area contributed by atoms with Gasteiger partial charge in [-0.15, -0.1) is 0 Å². The summed E-state index contributed by atoms with van der Waals surface area (Å²) in [5.41, 5.74) is 3.16. The molecule has 2 aromatic heterocycles. The molecule has 0 atom stereocenters. The lowest BCUT2D eigenvalue weighted by Gasteiger charge is -2.27. The molecule has 7 heteroatoms. The van der Waals surface area contributed by atoms with Crippen molar-refractivity contribution in [2.75, 3.05) is 18.9 Å².